The Morgan fingerprint density at radius 3 is 2.93 bits per heavy atom. The van der Waals surface area contributed by atoms with Gasteiger partial charge in [-0.25, -0.2) is 9.97 Å². The van der Waals surface area contributed by atoms with Gasteiger partial charge in [-0.1, -0.05) is 11.6 Å². The van der Waals surface area contributed by atoms with Gasteiger partial charge in [0.1, 0.15) is 5.15 Å². The largest absolute Gasteiger partial charge is 0.391 e. The van der Waals surface area contributed by atoms with E-state index in [0.717, 1.165) is 0 Å². The maximum absolute atomic E-state index is 11.5. The van der Waals surface area contributed by atoms with Gasteiger partial charge in [0, 0.05) is 0 Å². The van der Waals surface area contributed by atoms with Gasteiger partial charge in [0.05, 0.1) is 25.3 Å². The lowest BCUT2D eigenvalue weighted by Crippen LogP contribution is -2.26. The van der Waals surface area contributed by atoms with Gasteiger partial charge in [-0.05, 0) is 15.9 Å². The third-order valence-electron chi connectivity index (χ3n) is 2.04. The Morgan fingerprint density at radius 1 is 1.67 bits per heavy atom. The zero-order chi connectivity index (χ0) is 11.0. The van der Waals surface area contributed by atoms with Crippen LogP contribution in [0.1, 0.15) is 6.42 Å². The van der Waals surface area contributed by atoms with Crippen molar-refractivity contribution in [2.75, 3.05) is 11.4 Å². The van der Waals surface area contributed by atoms with E-state index in [1.807, 2.05) is 0 Å². The number of amides is 1. The second-order valence-electron chi connectivity index (χ2n) is 3.17. The van der Waals surface area contributed by atoms with E-state index in [0.29, 0.717) is 10.4 Å². The minimum atomic E-state index is -0.637. The minimum Gasteiger partial charge on any atom is -0.391 e. The first-order valence-electron chi connectivity index (χ1n) is 4.24. The topological polar surface area (TPSA) is 66.3 Å². The summed E-state index contributed by atoms with van der Waals surface area (Å²) in [6.45, 7) is 0.244. The van der Waals surface area contributed by atoms with Crippen molar-refractivity contribution in [3.8, 4) is 0 Å². The van der Waals surface area contributed by atoms with Gasteiger partial charge < -0.3 is 5.11 Å². The molecule has 1 N–H and O–H groups in total. The molecule has 0 radical (unpaired) electrons. The summed E-state index contributed by atoms with van der Waals surface area (Å²) < 4.78 is 0.400. The zero-order valence-electron chi connectivity index (χ0n) is 7.52. The molecule has 5 nitrogen and oxygen atoms in total. The minimum absolute atomic E-state index is 0.122. The Balaban J connectivity index is 2.34. The van der Waals surface area contributed by atoms with E-state index in [1.54, 1.807) is 0 Å². The van der Waals surface area contributed by atoms with Crippen LogP contribution in [0.25, 0.3) is 0 Å². The van der Waals surface area contributed by atoms with Crippen LogP contribution >= 0.6 is 27.5 Å². The highest BCUT2D eigenvalue weighted by Gasteiger charge is 2.31. The van der Waals surface area contributed by atoms with Crippen LogP contribution in [0.4, 0.5) is 5.82 Å². The van der Waals surface area contributed by atoms with Crippen molar-refractivity contribution in [3.05, 3.63) is 16.0 Å². The number of nitrogens with zero attached hydrogens (tertiary/aromatic N) is 3. The number of hydrogen-bond acceptors (Lipinski definition) is 4. The van der Waals surface area contributed by atoms with E-state index in [2.05, 4.69) is 25.9 Å². The molecular formula is C8H7BrClN3O2. The molecule has 1 aliphatic rings. The lowest BCUT2D eigenvalue weighted by Gasteiger charge is -2.15. The molecule has 1 unspecified atom stereocenters. The highest BCUT2D eigenvalue weighted by atomic mass is 79.9. The normalized spacial score (nSPS) is 21.1. The predicted molar refractivity (Wildman–Crippen MR) is 57.7 cm³/mol. The summed E-state index contributed by atoms with van der Waals surface area (Å²) in [5.74, 6) is 0.223. The van der Waals surface area contributed by atoms with E-state index in [1.165, 1.54) is 11.1 Å². The Labute approximate surface area is 99.2 Å². The van der Waals surface area contributed by atoms with E-state index in [4.69, 9.17) is 11.6 Å². The molecular weight excluding hydrogens is 285 g/mol. The molecule has 1 aliphatic heterocycles. The quantitative estimate of drug-likeness (QED) is 0.838. The van der Waals surface area contributed by atoms with Crippen LogP contribution in [0, 0.1) is 0 Å². The fourth-order valence-corrected chi connectivity index (χ4v) is 2.16. The Hall–Kier alpha value is -0.720. The summed E-state index contributed by atoms with van der Waals surface area (Å²) in [6.07, 6.45) is 0.845. The maximum Gasteiger partial charge on any atom is 0.230 e. The van der Waals surface area contributed by atoms with E-state index < -0.39 is 6.10 Å². The van der Waals surface area contributed by atoms with Crippen LogP contribution < -0.4 is 4.90 Å². The van der Waals surface area contributed by atoms with Crippen LogP contribution in [0.15, 0.2) is 10.8 Å². The van der Waals surface area contributed by atoms with Crippen molar-refractivity contribution in [1.29, 1.82) is 0 Å². The molecule has 1 fully saturated rings. The van der Waals surface area contributed by atoms with Crippen LogP contribution in [0.2, 0.25) is 5.15 Å². The van der Waals surface area contributed by atoms with Crippen LogP contribution in [0.3, 0.4) is 0 Å². The SMILES string of the molecule is O=C1CC(O)CN1c1ncc(Cl)nc1Br. The van der Waals surface area contributed by atoms with Crippen molar-refractivity contribution in [3.63, 3.8) is 0 Å². The fourth-order valence-electron chi connectivity index (χ4n) is 1.41. The average molecular weight is 293 g/mol. The second-order valence-corrected chi connectivity index (χ2v) is 4.31. The van der Waals surface area contributed by atoms with Crippen molar-refractivity contribution in [2.45, 2.75) is 12.5 Å². The van der Waals surface area contributed by atoms with Crippen LogP contribution in [0.5, 0.6) is 0 Å². The predicted octanol–water partition coefficient (Wildman–Crippen LogP) is 0.990. The summed E-state index contributed by atoms with van der Waals surface area (Å²) in [5, 5.41) is 9.57. The van der Waals surface area contributed by atoms with Gasteiger partial charge in [-0.15, -0.1) is 0 Å². The first-order valence-corrected chi connectivity index (χ1v) is 5.41. The Kier molecular flexibility index (Phi) is 2.90. The molecule has 80 valence electrons. The summed E-state index contributed by atoms with van der Waals surface area (Å²) in [5.41, 5.74) is 0. The van der Waals surface area contributed by atoms with E-state index in [9.17, 15) is 9.90 Å². The van der Waals surface area contributed by atoms with E-state index in [-0.39, 0.29) is 24.0 Å². The smallest absolute Gasteiger partial charge is 0.230 e. The lowest BCUT2D eigenvalue weighted by atomic mass is 10.3. The summed E-state index contributed by atoms with van der Waals surface area (Å²) in [7, 11) is 0. The summed E-state index contributed by atoms with van der Waals surface area (Å²) in [4.78, 5) is 20.8. The first kappa shape index (κ1) is 10.8. The van der Waals surface area contributed by atoms with Crippen molar-refractivity contribution >= 4 is 39.3 Å². The van der Waals surface area contributed by atoms with Crippen molar-refractivity contribution < 1.29 is 9.90 Å². The van der Waals surface area contributed by atoms with Crippen LogP contribution in [-0.2, 0) is 4.79 Å². The molecule has 1 aromatic heterocycles. The van der Waals surface area contributed by atoms with Crippen molar-refractivity contribution in [2.24, 2.45) is 0 Å². The molecule has 2 heterocycles. The molecule has 1 atom stereocenters. The number of hydrogen-bond donors (Lipinski definition) is 1. The number of rotatable bonds is 1. The van der Waals surface area contributed by atoms with Gasteiger partial charge >= 0.3 is 0 Å². The average Bonchev–Trinajstić information content (AvgIpc) is 2.45. The van der Waals surface area contributed by atoms with Crippen LogP contribution in [-0.4, -0.2) is 33.6 Å². The lowest BCUT2D eigenvalue weighted by molar-refractivity contribution is -0.117. The van der Waals surface area contributed by atoms with Gasteiger partial charge in [0.25, 0.3) is 0 Å². The molecule has 1 aromatic rings. The standard InChI is InChI=1S/C8H7BrClN3O2/c9-7-8(11-2-5(10)12-7)13-3-4(14)1-6(13)15/h2,4,14H,1,3H2. The maximum atomic E-state index is 11.5. The monoisotopic (exact) mass is 291 g/mol. The highest BCUT2D eigenvalue weighted by Crippen LogP contribution is 2.26. The zero-order valence-corrected chi connectivity index (χ0v) is 9.86. The summed E-state index contributed by atoms with van der Waals surface area (Å²) in [6, 6.07) is 0. The molecule has 1 amide bonds. The molecule has 0 aliphatic carbocycles. The number of carbonyl (C=O) groups is 1. The molecule has 1 saturated heterocycles. The number of aromatic nitrogens is 2. The van der Waals surface area contributed by atoms with Gasteiger partial charge in [-0.2, -0.15) is 0 Å². The number of carbonyl (C=O) groups excluding carboxylic acids is 1. The number of aliphatic hydroxyl groups is 1. The highest BCUT2D eigenvalue weighted by molar-refractivity contribution is 9.10. The van der Waals surface area contributed by atoms with E-state index >= 15 is 0 Å². The third-order valence-corrected chi connectivity index (χ3v) is 2.76. The molecule has 0 aromatic carbocycles. The number of anilines is 1. The molecule has 0 bridgehead atoms. The van der Waals surface area contributed by atoms with Gasteiger partial charge in [-0.3, -0.25) is 9.69 Å². The molecule has 7 heteroatoms. The third kappa shape index (κ3) is 2.11. The number of β-amino-alcohol motifs (C(OH)–C–C–N with tert-alkyl or cyclic N) is 1. The number of aliphatic hydroxyl groups excluding tert-OH is 1. The fraction of sp³-hybridized carbons (Fsp3) is 0.375. The van der Waals surface area contributed by atoms with Gasteiger partial charge in [0.2, 0.25) is 5.91 Å². The first-order chi connectivity index (χ1) is 7.08. The Morgan fingerprint density at radius 2 is 2.40 bits per heavy atom. The molecule has 2 rings (SSSR count). The van der Waals surface area contributed by atoms with Gasteiger partial charge in [0.15, 0.2) is 10.4 Å². The molecule has 15 heavy (non-hydrogen) atoms. The van der Waals surface area contributed by atoms with Crippen molar-refractivity contribution in [1.82, 2.24) is 9.97 Å². The molecule has 0 saturated carbocycles. The molecule has 0 spiro atoms. The second kappa shape index (κ2) is 4.03. The number of halogens is 2. The summed E-state index contributed by atoms with van der Waals surface area (Å²) >= 11 is 8.80. The Bertz CT molecular complexity index is 415.